The first-order chi connectivity index (χ1) is 10.5. The average Bonchev–Trinajstić information content (AvgIpc) is 3.00. The van der Waals surface area contributed by atoms with Crippen molar-refractivity contribution in [1.29, 1.82) is 0 Å². The fourth-order valence-electron chi connectivity index (χ4n) is 1.24. The molecule has 0 saturated carbocycles. The molecule has 0 aliphatic heterocycles. The summed E-state index contributed by atoms with van der Waals surface area (Å²) in [6.07, 6.45) is 4.54. The molecule has 0 bridgehead atoms. The smallest absolute Gasteiger partial charge is 0.337 e. The van der Waals surface area contributed by atoms with Crippen LogP contribution in [0, 0.1) is 10.1 Å². The van der Waals surface area contributed by atoms with Gasteiger partial charge in [-0.05, 0) is 13.0 Å². The Balaban J connectivity index is 0.00000211. The number of rotatable bonds is 6. The van der Waals surface area contributed by atoms with Crippen LogP contribution >= 0.6 is 11.3 Å². The molecule has 1 rings (SSSR count). The number of nitrogens with zero attached hydrogens (tertiary/aromatic N) is 1. The molecule has 1 heterocycles. The summed E-state index contributed by atoms with van der Waals surface area (Å²) in [5.41, 5.74) is 0.0467. The maximum Gasteiger partial charge on any atom is 0.337 e. The predicted molar refractivity (Wildman–Crippen MR) is 87.0 cm³/mol. The van der Waals surface area contributed by atoms with E-state index in [-0.39, 0.29) is 22.1 Å². The molecule has 0 fully saturated rings. The Hall–Kier alpha value is -2.41. The SMILES string of the molecule is C=C/C=C\C(Oc1sccc1[N+](=O)[O-])=C(/C)C(=O)OC.CC. The number of ether oxygens (including phenoxy) is 2. The summed E-state index contributed by atoms with van der Waals surface area (Å²) < 4.78 is 10.1. The Morgan fingerprint density at radius 1 is 1.45 bits per heavy atom. The average molecular weight is 325 g/mol. The summed E-state index contributed by atoms with van der Waals surface area (Å²) in [6.45, 7) is 9.02. The van der Waals surface area contributed by atoms with Crippen molar-refractivity contribution < 1.29 is 19.2 Å². The third-order valence-corrected chi connectivity index (χ3v) is 3.03. The largest absolute Gasteiger partial charge is 0.466 e. The maximum absolute atomic E-state index is 11.5. The number of thiophene rings is 1. The standard InChI is InChI=1S/C13H13NO5S.C2H6/c1-4-5-6-11(9(2)12(15)18-3)19-13-10(14(16)17)7-8-20-13;1-2/h4-8H,1H2,2-3H3;1-2H3/b6-5-,11-9-;. The van der Waals surface area contributed by atoms with E-state index < -0.39 is 10.9 Å². The van der Waals surface area contributed by atoms with E-state index in [2.05, 4.69) is 11.3 Å². The van der Waals surface area contributed by atoms with Crippen LogP contribution in [0.25, 0.3) is 0 Å². The number of carbonyl (C=O) groups is 1. The molecule has 7 heteroatoms. The van der Waals surface area contributed by atoms with E-state index in [0.717, 1.165) is 11.3 Å². The molecule has 0 N–H and O–H groups in total. The lowest BCUT2D eigenvalue weighted by atomic mass is 10.2. The molecule has 0 atom stereocenters. The van der Waals surface area contributed by atoms with Gasteiger partial charge in [-0.2, -0.15) is 0 Å². The zero-order valence-corrected chi connectivity index (χ0v) is 13.8. The predicted octanol–water partition coefficient (Wildman–Crippen LogP) is 4.25. The minimum absolute atomic E-state index is 0.0990. The van der Waals surface area contributed by atoms with Crippen LogP contribution in [-0.4, -0.2) is 18.0 Å². The third kappa shape index (κ3) is 5.53. The molecular weight excluding hydrogens is 306 g/mol. The quantitative estimate of drug-likeness (QED) is 0.195. The zero-order chi connectivity index (χ0) is 17.1. The van der Waals surface area contributed by atoms with Crippen LogP contribution in [0.15, 0.2) is 47.6 Å². The summed E-state index contributed by atoms with van der Waals surface area (Å²) in [5, 5.41) is 12.5. The highest BCUT2D eigenvalue weighted by molar-refractivity contribution is 7.12. The van der Waals surface area contributed by atoms with Gasteiger partial charge in [-0.3, -0.25) is 10.1 Å². The van der Waals surface area contributed by atoms with E-state index in [0.29, 0.717) is 0 Å². The van der Waals surface area contributed by atoms with Crippen molar-refractivity contribution in [3.8, 4) is 5.06 Å². The van der Waals surface area contributed by atoms with Crippen LogP contribution in [0.3, 0.4) is 0 Å². The van der Waals surface area contributed by atoms with Crippen molar-refractivity contribution in [2.24, 2.45) is 0 Å². The lowest BCUT2D eigenvalue weighted by molar-refractivity contribution is -0.385. The van der Waals surface area contributed by atoms with Crippen molar-refractivity contribution in [2.75, 3.05) is 7.11 Å². The molecule has 0 aromatic carbocycles. The van der Waals surface area contributed by atoms with E-state index in [4.69, 9.17) is 4.74 Å². The molecule has 6 nitrogen and oxygen atoms in total. The first-order valence-electron chi connectivity index (χ1n) is 6.49. The van der Waals surface area contributed by atoms with Crippen LogP contribution in [0.5, 0.6) is 5.06 Å². The second kappa shape index (κ2) is 10.3. The molecule has 22 heavy (non-hydrogen) atoms. The molecule has 1 aromatic rings. The Labute approximate surface area is 133 Å². The fourth-order valence-corrected chi connectivity index (χ4v) is 1.97. The first kappa shape index (κ1) is 19.6. The highest BCUT2D eigenvalue weighted by Gasteiger charge is 2.20. The van der Waals surface area contributed by atoms with Crippen LogP contribution in [-0.2, 0) is 9.53 Å². The van der Waals surface area contributed by atoms with Crippen LogP contribution < -0.4 is 4.74 Å². The first-order valence-corrected chi connectivity index (χ1v) is 7.37. The number of methoxy groups -OCH3 is 1. The number of allylic oxidation sites excluding steroid dienone is 3. The molecule has 0 aliphatic rings. The summed E-state index contributed by atoms with van der Waals surface area (Å²) in [5.74, 6) is -0.407. The summed E-state index contributed by atoms with van der Waals surface area (Å²) >= 11 is 1.07. The normalized spacial score (nSPS) is 11.1. The van der Waals surface area contributed by atoms with E-state index in [1.165, 1.54) is 37.6 Å². The van der Waals surface area contributed by atoms with Gasteiger partial charge in [0, 0.05) is 11.4 Å². The van der Waals surface area contributed by atoms with Gasteiger partial charge in [-0.25, -0.2) is 4.79 Å². The van der Waals surface area contributed by atoms with Crippen molar-refractivity contribution >= 4 is 23.0 Å². The number of hydrogen-bond donors (Lipinski definition) is 0. The zero-order valence-electron chi connectivity index (χ0n) is 13.0. The highest BCUT2D eigenvalue weighted by Crippen LogP contribution is 2.35. The highest BCUT2D eigenvalue weighted by atomic mass is 32.1. The third-order valence-electron chi connectivity index (χ3n) is 2.25. The van der Waals surface area contributed by atoms with Gasteiger partial charge in [0.05, 0.1) is 17.6 Å². The van der Waals surface area contributed by atoms with Gasteiger partial charge >= 0.3 is 11.7 Å². The maximum atomic E-state index is 11.5. The molecule has 0 unspecified atom stereocenters. The van der Waals surface area contributed by atoms with E-state index >= 15 is 0 Å². The van der Waals surface area contributed by atoms with Gasteiger partial charge < -0.3 is 9.47 Å². The molecular formula is C15H19NO5S. The van der Waals surface area contributed by atoms with Crippen molar-refractivity contribution in [2.45, 2.75) is 20.8 Å². The monoisotopic (exact) mass is 325 g/mol. The number of carbonyl (C=O) groups excluding carboxylic acids is 1. The Morgan fingerprint density at radius 3 is 2.59 bits per heavy atom. The number of esters is 1. The molecule has 0 amide bonds. The molecule has 0 radical (unpaired) electrons. The van der Waals surface area contributed by atoms with Crippen molar-refractivity contribution in [3.63, 3.8) is 0 Å². The minimum atomic E-state index is -0.576. The van der Waals surface area contributed by atoms with Crippen LogP contribution in [0.2, 0.25) is 0 Å². The molecule has 120 valence electrons. The number of hydrogen-bond acceptors (Lipinski definition) is 6. The molecule has 0 saturated heterocycles. The van der Waals surface area contributed by atoms with Crippen molar-refractivity contribution in [3.05, 3.63) is 57.7 Å². The molecule has 0 spiro atoms. The lowest BCUT2D eigenvalue weighted by Gasteiger charge is -2.07. The Morgan fingerprint density at radius 2 is 2.09 bits per heavy atom. The summed E-state index contributed by atoms with van der Waals surface area (Å²) in [4.78, 5) is 21.8. The second-order valence-electron chi connectivity index (χ2n) is 3.53. The second-order valence-corrected chi connectivity index (χ2v) is 4.41. The summed E-state index contributed by atoms with van der Waals surface area (Å²) in [7, 11) is 1.24. The van der Waals surface area contributed by atoms with Crippen molar-refractivity contribution in [1.82, 2.24) is 0 Å². The van der Waals surface area contributed by atoms with Gasteiger partial charge in [0.2, 0.25) is 0 Å². The van der Waals surface area contributed by atoms with Gasteiger partial charge in [0.15, 0.2) is 0 Å². The van der Waals surface area contributed by atoms with Crippen LogP contribution in [0.4, 0.5) is 5.69 Å². The fraction of sp³-hybridized carbons (Fsp3) is 0.267. The topological polar surface area (TPSA) is 78.7 Å². The van der Waals surface area contributed by atoms with Gasteiger partial charge in [-0.1, -0.05) is 32.6 Å². The van der Waals surface area contributed by atoms with E-state index in [9.17, 15) is 14.9 Å². The molecule has 0 aliphatic carbocycles. The van der Waals surface area contributed by atoms with E-state index in [1.54, 1.807) is 6.08 Å². The van der Waals surface area contributed by atoms with Gasteiger partial charge in [-0.15, -0.1) is 11.3 Å². The Kier molecular flexibility index (Phi) is 9.20. The van der Waals surface area contributed by atoms with E-state index in [1.807, 2.05) is 13.8 Å². The number of nitro groups is 1. The minimum Gasteiger partial charge on any atom is -0.466 e. The molecule has 1 aromatic heterocycles. The van der Waals surface area contributed by atoms with Gasteiger partial charge in [0.1, 0.15) is 5.76 Å². The lowest BCUT2D eigenvalue weighted by Crippen LogP contribution is -2.07. The summed E-state index contributed by atoms with van der Waals surface area (Å²) in [6, 6.07) is 1.34. The Bertz CT molecular complexity index is 587. The van der Waals surface area contributed by atoms with Crippen LogP contribution in [0.1, 0.15) is 20.8 Å². The van der Waals surface area contributed by atoms with Gasteiger partial charge in [0.25, 0.3) is 5.06 Å².